The van der Waals surface area contributed by atoms with E-state index in [1.807, 2.05) is 17.9 Å². The maximum Gasteiger partial charge on any atom is 0.323 e. The van der Waals surface area contributed by atoms with E-state index in [2.05, 4.69) is 71.9 Å². The second-order valence-electron chi connectivity index (χ2n) is 21.7. The third-order valence-electron chi connectivity index (χ3n) is 14.1. The Bertz CT molecular complexity index is 3380. The zero-order valence-corrected chi connectivity index (χ0v) is 59.4. The quantitative estimate of drug-likeness (QED) is 0.00901. The van der Waals surface area contributed by atoms with Gasteiger partial charge in [0.15, 0.2) is 5.95 Å². The molecule has 1 fully saturated rings. The van der Waals surface area contributed by atoms with Gasteiger partial charge in [-0.3, -0.25) is 62.8 Å². The number of ether oxygens (including phenoxy) is 1. The van der Waals surface area contributed by atoms with Crippen LogP contribution in [0.5, 0.6) is 5.75 Å². The van der Waals surface area contributed by atoms with E-state index in [9.17, 15) is 72.0 Å². The summed E-state index contributed by atoms with van der Waals surface area (Å²) in [5, 5.41) is 78.4. The zero-order chi connectivity index (χ0) is 70.9. The second kappa shape index (κ2) is 44.2. The minimum atomic E-state index is -4.30. The Kier molecular flexibility index (Phi) is 38.4. The van der Waals surface area contributed by atoms with Crippen molar-refractivity contribution in [2.75, 3.05) is 122 Å². The van der Waals surface area contributed by atoms with E-state index in [0.29, 0.717) is 84.1 Å². The van der Waals surface area contributed by atoms with Crippen molar-refractivity contribution >= 4 is 98.4 Å². The summed E-state index contributed by atoms with van der Waals surface area (Å²) in [5.41, 5.74) is 1.49. The Morgan fingerprint density at radius 2 is 1.29 bits per heavy atom. The summed E-state index contributed by atoms with van der Waals surface area (Å²) < 4.78 is 44.7. The number of benzene rings is 2. The second-order valence-corrected chi connectivity index (χ2v) is 24.8. The van der Waals surface area contributed by atoms with Crippen LogP contribution in [0, 0.1) is 13.8 Å². The number of carboxylic acid groups (broad SMARTS) is 3. The molecule has 97 heavy (non-hydrogen) atoms. The first-order valence-electron chi connectivity index (χ1n) is 29.8. The molecular formula is C57H84N14O22S3Y. The molecule has 36 nitrogen and oxygen atoms in total. The fourth-order valence-corrected chi connectivity index (χ4v) is 12.1. The first-order valence-corrected chi connectivity index (χ1v) is 33.1. The average Bonchev–Trinajstić information content (AvgIpc) is 1.06. The van der Waals surface area contributed by atoms with Gasteiger partial charge in [0.25, 0.3) is 5.91 Å². The van der Waals surface area contributed by atoms with Crippen LogP contribution >= 0.6 is 24.1 Å². The van der Waals surface area contributed by atoms with E-state index in [4.69, 9.17) is 15.3 Å². The van der Waals surface area contributed by atoms with Gasteiger partial charge in [-0.15, -0.1) is 8.67 Å². The van der Waals surface area contributed by atoms with Crippen LogP contribution < -0.4 is 46.8 Å². The van der Waals surface area contributed by atoms with Crippen molar-refractivity contribution < 1.29 is 134 Å². The predicted octanol–water partition coefficient (Wildman–Crippen LogP) is -0.362. The number of anilines is 1. The molecule has 535 valence electrons. The van der Waals surface area contributed by atoms with Gasteiger partial charge in [0, 0.05) is 173 Å². The number of nitrogens with zero attached hydrogens (tertiary/aromatic N) is 6. The predicted molar refractivity (Wildman–Crippen MR) is 348 cm³/mol. The molecule has 2 aromatic heterocycles. The molecule has 4 aromatic rings. The molecule has 1 saturated heterocycles. The van der Waals surface area contributed by atoms with Gasteiger partial charge in [-0.05, 0) is 61.2 Å². The van der Waals surface area contributed by atoms with Gasteiger partial charge in [0.05, 0.1) is 60.5 Å². The third kappa shape index (κ3) is 30.8. The molecule has 1 aliphatic rings. The molecule has 0 spiro atoms. The Morgan fingerprint density at radius 3 is 1.79 bits per heavy atom. The number of aromatic amines is 1. The van der Waals surface area contributed by atoms with Crippen molar-refractivity contribution in [3.8, 4) is 5.75 Å². The number of nitrogens with one attached hydrogen (secondary N) is 8. The van der Waals surface area contributed by atoms with Crippen LogP contribution in [0.3, 0.4) is 0 Å². The summed E-state index contributed by atoms with van der Waals surface area (Å²) in [7, 11) is -2.62. The van der Waals surface area contributed by atoms with Crippen LogP contribution in [0.1, 0.15) is 53.7 Å². The molecule has 2 aromatic carbocycles. The molecule has 5 rings (SSSR count). The first kappa shape index (κ1) is 84.3. The van der Waals surface area contributed by atoms with E-state index < -0.39 is 81.7 Å². The molecule has 1 radical (unpaired) electrons. The fraction of sp³-hybridized carbons (Fsp3) is 0.509. The molecule has 40 heteroatoms. The molecule has 3 heterocycles. The van der Waals surface area contributed by atoms with Gasteiger partial charge in [-0.1, -0.05) is 36.1 Å². The summed E-state index contributed by atoms with van der Waals surface area (Å²) in [4.78, 5) is 126. The largest absolute Gasteiger partial charge is 0.512 e. The molecule has 5 amide bonds. The van der Waals surface area contributed by atoms with Gasteiger partial charge in [0.2, 0.25) is 39.1 Å². The van der Waals surface area contributed by atoms with Gasteiger partial charge >= 0.3 is 17.9 Å². The molecule has 0 bridgehead atoms. The number of hydrogen-bond acceptors (Lipinski definition) is 27. The van der Waals surface area contributed by atoms with E-state index in [-0.39, 0.29) is 145 Å². The Balaban J connectivity index is 0.000000505. The number of pyridine rings is 1. The minimum absolute atomic E-state index is 0. The number of imidazole rings is 1. The summed E-state index contributed by atoms with van der Waals surface area (Å²) in [5.74, 6) is -6.63. The monoisotopic (exact) mass is 1500 g/mol. The van der Waals surface area contributed by atoms with Gasteiger partial charge in [-0.2, -0.15) is 4.72 Å². The molecule has 14 N–H and O–H groups in total. The molecular weight excluding hydrogens is 1420 g/mol. The Morgan fingerprint density at radius 1 is 0.742 bits per heavy atom. The maximum atomic E-state index is 13.4. The van der Waals surface area contributed by atoms with Crippen LogP contribution in [-0.2, 0) is 109 Å². The summed E-state index contributed by atoms with van der Waals surface area (Å²) in [6, 6.07) is 3.98. The molecule has 0 saturated carbocycles. The van der Waals surface area contributed by atoms with Crippen molar-refractivity contribution in [2.24, 2.45) is 7.05 Å². The number of aliphatic carboxylic acids is 3. The SMILES string of the molecule is C=C(O)CN1CCN(CC(=O)O)CCN(CC(=O)NC(CSOOO)C(=O)NC(CSOOO)C(=O)NCCNC(C)=O)CCN(CC(=O)O)CC1.CCCCOc1cc(C)c(S(=O)(=O)NC(CNC(=O)c2cn(C)c3cc(CNc4ncc[nH]4)ccc3c2=O)C(=O)O)c(C)c1.[Y]. The Hall–Kier alpha value is -6.93. The number of sulfonamides is 1. The molecule has 0 aliphatic carbocycles. The normalized spacial score (nSPS) is 14.5. The van der Waals surface area contributed by atoms with Crippen molar-refractivity contribution in [3.05, 3.63) is 93.7 Å². The number of fused-ring (bicyclic) bond motifs is 1. The number of hydrogen-bond donors (Lipinski definition) is 14. The number of unbranched alkanes of at least 4 members (excludes halogenated alkanes) is 1. The number of aliphatic hydroxyl groups excluding tert-OH is 1. The van der Waals surface area contributed by atoms with Crippen LogP contribution in [0.4, 0.5) is 5.95 Å². The zero-order valence-electron chi connectivity index (χ0n) is 54.1. The Labute approximate surface area is 592 Å². The number of aromatic nitrogens is 3. The fourth-order valence-electron chi connectivity index (χ4n) is 9.53. The van der Waals surface area contributed by atoms with Crippen molar-refractivity contribution in [3.63, 3.8) is 0 Å². The van der Waals surface area contributed by atoms with E-state index in [1.165, 1.54) is 13.1 Å². The van der Waals surface area contributed by atoms with Crippen LogP contribution in [0.2, 0.25) is 0 Å². The average molecular weight is 1500 g/mol. The van der Waals surface area contributed by atoms with Crippen molar-refractivity contribution in [1.82, 2.24) is 65.4 Å². The maximum absolute atomic E-state index is 13.4. The van der Waals surface area contributed by atoms with Gasteiger partial charge in [-0.25, -0.2) is 23.9 Å². The van der Waals surface area contributed by atoms with Gasteiger partial charge in [0.1, 0.15) is 29.4 Å². The number of amides is 5. The first-order chi connectivity index (χ1) is 45.6. The molecule has 3 atom stereocenters. The number of carbonyl (C=O) groups excluding carboxylic acids is 5. The van der Waals surface area contributed by atoms with Crippen LogP contribution in [0.15, 0.2) is 71.0 Å². The number of carbonyl (C=O) groups is 8. The number of aryl methyl sites for hydroxylation is 3. The number of aliphatic hydroxyl groups is 1. The summed E-state index contributed by atoms with van der Waals surface area (Å²) in [6.07, 6.45) is 6.48. The topological polar surface area (TPSA) is 486 Å². The number of H-pyrrole nitrogens is 1. The molecule has 1 aliphatic heterocycles. The smallest absolute Gasteiger partial charge is 0.323 e. The summed E-state index contributed by atoms with van der Waals surface area (Å²) >= 11 is 0.923. The van der Waals surface area contributed by atoms with E-state index in [0.717, 1.165) is 18.4 Å². The third-order valence-corrected chi connectivity index (χ3v) is 17.1. The standard InChI is InChI=1S/C30H36N6O7S.C27H48N8O15S2.Y/c1-5-6-11-43-21-12-18(2)27(19(3)13-21)44(41,42)35-24(29(39)40)16-33-28(38)23-17-36(4)25-14-20(7-8-22(25)26(23)37)15-34-30-31-9-10-32-30;1-19(36)13-32-5-9-34(15-24(39)40)11-7-33(8-12-35(10-6-32)16-25(41)42)14-23(38)30-22(18-52-50-48-46)27(44)31-21(17-51-49-47-45)26(43)29-4-3-28-20(2)37;/h7-10,12-14,17,24,35H,5-6,11,15-16H2,1-4H3,(H,33,38)(H,39,40)(H2,31,32,34);21-22,36,45-46H,1,3-18H2,2H3,(H,28,37)(H,29,43)(H,30,38)(H,31,44)(H,39,40)(H,41,42);. The van der Waals surface area contributed by atoms with Crippen molar-refractivity contribution in [1.29, 1.82) is 0 Å². The number of rotatable bonds is 37. The summed E-state index contributed by atoms with van der Waals surface area (Å²) in [6.45, 7) is 11.6. The van der Waals surface area contributed by atoms with E-state index >= 15 is 0 Å². The molecule has 3 unspecified atom stereocenters. The van der Waals surface area contributed by atoms with E-state index in [1.54, 1.807) is 76.8 Å². The number of carboxylic acids is 3. The van der Waals surface area contributed by atoms with Gasteiger partial charge < -0.3 is 66.6 Å². The van der Waals surface area contributed by atoms with Crippen molar-refractivity contribution in [2.45, 2.75) is 70.1 Å². The van der Waals surface area contributed by atoms with Crippen LogP contribution in [0.25, 0.3) is 10.9 Å². The van der Waals surface area contributed by atoms with Crippen LogP contribution in [-0.4, -0.2) is 255 Å². The minimum Gasteiger partial charge on any atom is -0.512 e.